The van der Waals surface area contributed by atoms with Gasteiger partial charge < -0.3 is 5.32 Å². The summed E-state index contributed by atoms with van der Waals surface area (Å²) in [4.78, 5) is 20.5. The second-order valence-electron chi connectivity index (χ2n) is 5.03. The Bertz CT molecular complexity index is 743. The van der Waals surface area contributed by atoms with Crippen LogP contribution in [0.2, 0.25) is 5.02 Å². The number of amides is 1. The van der Waals surface area contributed by atoms with Crippen molar-refractivity contribution in [1.29, 1.82) is 5.26 Å². The topological polar surface area (TPSA) is 78.7 Å². The van der Waals surface area contributed by atoms with Gasteiger partial charge in [0.1, 0.15) is 16.9 Å². The maximum atomic E-state index is 11.9. The normalized spacial score (nSPS) is 10.2. The SMILES string of the molecule is CCCc1ccc(C#N)c(SCCC(=O)Nc2ccc(Cl)cn2)n1. The van der Waals surface area contributed by atoms with Gasteiger partial charge in [-0.25, -0.2) is 9.97 Å². The number of anilines is 1. The fraction of sp³-hybridized carbons (Fsp3) is 0.294. The van der Waals surface area contributed by atoms with E-state index in [1.165, 1.54) is 18.0 Å². The number of carbonyl (C=O) groups excluding carboxylic acids is 1. The van der Waals surface area contributed by atoms with Crippen molar-refractivity contribution in [3.05, 3.63) is 46.7 Å². The van der Waals surface area contributed by atoms with Crippen molar-refractivity contribution in [3.8, 4) is 6.07 Å². The van der Waals surface area contributed by atoms with Gasteiger partial charge in [-0.1, -0.05) is 24.9 Å². The summed E-state index contributed by atoms with van der Waals surface area (Å²) in [5.41, 5.74) is 1.51. The fourth-order valence-electron chi connectivity index (χ4n) is 1.96. The molecule has 0 aliphatic heterocycles. The molecular weight excluding hydrogens is 344 g/mol. The van der Waals surface area contributed by atoms with E-state index in [1.807, 2.05) is 6.07 Å². The van der Waals surface area contributed by atoms with E-state index in [2.05, 4.69) is 28.3 Å². The molecule has 2 rings (SSSR count). The first-order valence-electron chi connectivity index (χ1n) is 7.56. The van der Waals surface area contributed by atoms with Gasteiger partial charge in [0.15, 0.2) is 0 Å². The molecule has 0 fully saturated rings. The highest BCUT2D eigenvalue weighted by atomic mass is 35.5. The number of aryl methyl sites for hydroxylation is 1. The highest BCUT2D eigenvalue weighted by Gasteiger charge is 2.09. The van der Waals surface area contributed by atoms with Gasteiger partial charge in [-0.15, -0.1) is 11.8 Å². The van der Waals surface area contributed by atoms with Gasteiger partial charge in [0.2, 0.25) is 5.91 Å². The van der Waals surface area contributed by atoms with Crippen LogP contribution in [0.3, 0.4) is 0 Å². The minimum atomic E-state index is -0.138. The smallest absolute Gasteiger partial charge is 0.226 e. The lowest BCUT2D eigenvalue weighted by molar-refractivity contribution is -0.115. The van der Waals surface area contributed by atoms with Crippen LogP contribution in [0, 0.1) is 11.3 Å². The summed E-state index contributed by atoms with van der Waals surface area (Å²) in [6.07, 6.45) is 3.66. The molecule has 7 heteroatoms. The van der Waals surface area contributed by atoms with Crippen LogP contribution in [0.15, 0.2) is 35.5 Å². The molecule has 0 saturated carbocycles. The van der Waals surface area contributed by atoms with Gasteiger partial charge in [-0.05, 0) is 30.7 Å². The molecule has 0 saturated heterocycles. The standard InChI is InChI=1S/C17H17ClN4OS/c1-2-3-14-6-4-12(10-19)17(21-14)24-9-8-16(23)22-15-7-5-13(18)11-20-15/h4-7,11H,2-3,8-9H2,1H3,(H,20,22,23). The second kappa shape index (κ2) is 9.26. The molecule has 0 aliphatic carbocycles. The number of nitrogens with zero attached hydrogens (tertiary/aromatic N) is 3. The molecule has 0 atom stereocenters. The molecule has 2 heterocycles. The number of nitrogens with one attached hydrogen (secondary N) is 1. The molecule has 124 valence electrons. The third-order valence-corrected chi connectivity index (χ3v) is 4.32. The zero-order chi connectivity index (χ0) is 17.4. The molecule has 0 unspecified atom stereocenters. The average Bonchev–Trinajstić information content (AvgIpc) is 2.57. The van der Waals surface area contributed by atoms with Crippen LogP contribution in [0.1, 0.15) is 31.0 Å². The van der Waals surface area contributed by atoms with Crippen molar-refractivity contribution in [2.24, 2.45) is 0 Å². The number of halogens is 1. The predicted molar refractivity (Wildman–Crippen MR) is 96.2 cm³/mol. The van der Waals surface area contributed by atoms with Crippen molar-refractivity contribution in [2.75, 3.05) is 11.1 Å². The van der Waals surface area contributed by atoms with Crippen LogP contribution in [-0.2, 0) is 11.2 Å². The Hall–Kier alpha value is -2.10. The first-order valence-corrected chi connectivity index (χ1v) is 8.93. The lowest BCUT2D eigenvalue weighted by Gasteiger charge is -2.07. The molecule has 5 nitrogen and oxygen atoms in total. The zero-order valence-electron chi connectivity index (χ0n) is 13.3. The van der Waals surface area contributed by atoms with E-state index in [0.29, 0.717) is 33.6 Å². The highest BCUT2D eigenvalue weighted by molar-refractivity contribution is 7.99. The van der Waals surface area contributed by atoms with Crippen LogP contribution in [0.25, 0.3) is 0 Å². The summed E-state index contributed by atoms with van der Waals surface area (Å²) >= 11 is 7.17. The molecule has 1 N–H and O–H groups in total. The Kier molecular flexibility index (Phi) is 7.04. The quantitative estimate of drug-likeness (QED) is 0.753. The minimum Gasteiger partial charge on any atom is -0.311 e. The Morgan fingerprint density at radius 1 is 1.38 bits per heavy atom. The number of thioether (sulfide) groups is 1. The van der Waals surface area contributed by atoms with Crippen LogP contribution in [-0.4, -0.2) is 21.6 Å². The summed E-state index contributed by atoms with van der Waals surface area (Å²) in [7, 11) is 0. The fourth-order valence-corrected chi connectivity index (χ4v) is 3.01. The Morgan fingerprint density at radius 3 is 2.88 bits per heavy atom. The Balaban J connectivity index is 1.89. The number of aromatic nitrogens is 2. The molecule has 0 aromatic carbocycles. The van der Waals surface area contributed by atoms with Gasteiger partial charge in [0.25, 0.3) is 0 Å². The van der Waals surface area contributed by atoms with E-state index in [9.17, 15) is 4.79 Å². The lowest BCUT2D eigenvalue weighted by atomic mass is 10.2. The molecule has 0 bridgehead atoms. The van der Waals surface area contributed by atoms with Gasteiger partial charge in [-0.3, -0.25) is 4.79 Å². The van der Waals surface area contributed by atoms with Crippen molar-refractivity contribution >= 4 is 35.1 Å². The number of rotatable bonds is 7. The largest absolute Gasteiger partial charge is 0.311 e. The van der Waals surface area contributed by atoms with Crippen LogP contribution >= 0.6 is 23.4 Å². The van der Waals surface area contributed by atoms with Crippen molar-refractivity contribution < 1.29 is 4.79 Å². The maximum Gasteiger partial charge on any atom is 0.226 e. The minimum absolute atomic E-state index is 0.138. The maximum absolute atomic E-state index is 11.9. The average molecular weight is 361 g/mol. The van der Waals surface area contributed by atoms with Crippen molar-refractivity contribution in [2.45, 2.75) is 31.2 Å². The van der Waals surface area contributed by atoms with Crippen molar-refractivity contribution in [3.63, 3.8) is 0 Å². The first kappa shape index (κ1) is 18.2. The monoisotopic (exact) mass is 360 g/mol. The molecule has 24 heavy (non-hydrogen) atoms. The van der Waals surface area contributed by atoms with Gasteiger partial charge in [0.05, 0.1) is 10.6 Å². The van der Waals surface area contributed by atoms with Gasteiger partial charge in [0, 0.05) is 24.1 Å². The molecular formula is C17H17ClN4OS. The number of pyridine rings is 2. The van der Waals surface area contributed by atoms with E-state index in [0.717, 1.165) is 18.5 Å². The summed E-state index contributed by atoms with van der Waals surface area (Å²) in [6, 6.07) is 9.13. The summed E-state index contributed by atoms with van der Waals surface area (Å²) in [6.45, 7) is 2.09. The van der Waals surface area contributed by atoms with Crippen LogP contribution < -0.4 is 5.32 Å². The Morgan fingerprint density at radius 2 is 2.21 bits per heavy atom. The highest BCUT2D eigenvalue weighted by Crippen LogP contribution is 2.22. The predicted octanol–water partition coefficient (Wildman–Crippen LogP) is 4.08. The Labute approximate surface area is 150 Å². The van der Waals surface area contributed by atoms with E-state index in [4.69, 9.17) is 16.9 Å². The molecule has 0 radical (unpaired) electrons. The van der Waals surface area contributed by atoms with Crippen molar-refractivity contribution in [1.82, 2.24) is 9.97 Å². The third kappa shape index (κ3) is 5.52. The number of hydrogen-bond donors (Lipinski definition) is 1. The van der Waals surface area contributed by atoms with E-state index >= 15 is 0 Å². The van der Waals surface area contributed by atoms with E-state index in [1.54, 1.807) is 18.2 Å². The molecule has 2 aromatic heterocycles. The van der Waals surface area contributed by atoms with E-state index in [-0.39, 0.29) is 5.91 Å². The third-order valence-electron chi connectivity index (χ3n) is 3.11. The number of hydrogen-bond acceptors (Lipinski definition) is 5. The molecule has 2 aromatic rings. The zero-order valence-corrected chi connectivity index (χ0v) is 14.8. The lowest BCUT2D eigenvalue weighted by Crippen LogP contribution is -2.13. The molecule has 0 spiro atoms. The summed E-state index contributed by atoms with van der Waals surface area (Å²) in [5.74, 6) is 0.868. The molecule has 0 aliphatic rings. The second-order valence-corrected chi connectivity index (χ2v) is 6.55. The number of nitriles is 1. The van der Waals surface area contributed by atoms with E-state index < -0.39 is 0 Å². The van der Waals surface area contributed by atoms with Crippen LogP contribution in [0.5, 0.6) is 0 Å². The van der Waals surface area contributed by atoms with Gasteiger partial charge in [-0.2, -0.15) is 5.26 Å². The first-order chi connectivity index (χ1) is 11.6. The molecule has 1 amide bonds. The number of carbonyl (C=O) groups is 1. The summed E-state index contributed by atoms with van der Waals surface area (Å²) in [5, 5.41) is 13.1. The summed E-state index contributed by atoms with van der Waals surface area (Å²) < 4.78 is 0. The van der Waals surface area contributed by atoms with Gasteiger partial charge >= 0.3 is 0 Å². The van der Waals surface area contributed by atoms with Crippen LogP contribution in [0.4, 0.5) is 5.82 Å².